The third kappa shape index (κ3) is 2.05. The van der Waals surface area contributed by atoms with Gasteiger partial charge >= 0.3 is 5.97 Å². The van der Waals surface area contributed by atoms with E-state index in [1.165, 1.54) is 0 Å². The maximum atomic E-state index is 10.9. The fourth-order valence-corrected chi connectivity index (χ4v) is 1.10. The first kappa shape index (κ1) is 8.27. The van der Waals surface area contributed by atoms with E-state index in [1.807, 2.05) is 0 Å². The summed E-state index contributed by atoms with van der Waals surface area (Å²) in [5, 5.41) is 8.97. The molecule has 62 valence electrons. The number of cyclic esters (lactones) is 1. The smallest absolute Gasteiger partial charge is 0.334 e. The second kappa shape index (κ2) is 3.05. The quantitative estimate of drug-likeness (QED) is 0.596. The molecule has 1 aliphatic rings. The highest BCUT2D eigenvalue weighted by Gasteiger charge is 2.22. The molecule has 0 aliphatic carbocycles. The van der Waals surface area contributed by atoms with Gasteiger partial charge in [0.15, 0.2) is 0 Å². The Morgan fingerprint density at radius 2 is 2.45 bits per heavy atom. The lowest BCUT2D eigenvalue weighted by Crippen LogP contribution is -2.08. The van der Waals surface area contributed by atoms with Crippen LogP contribution in [0.5, 0.6) is 0 Å². The van der Waals surface area contributed by atoms with E-state index in [0.29, 0.717) is 12.0 Å². The molecule has 2 atom stereocenters. The van der Waals surface area contributed by atoms with Crippen molar-refractivity contribution in [2.45, 2.75) is 32.5 Å². The van der Waals surface area contributed by atoms with Crippen LogP contribution in [0.2, 0.25) is 0 Å². The molecule has 0 aromatic rings. The van der Waals surface area contributed by atoms with Crippen LogP contribution in [0.25, 0.3) is 0 Å². The summed E-state index contributed by atoms with van der Waals surface area (Å²) in [6, 6.07) is 0. The van der Waals surface area contributed by atoms with Gasteiger partial charge in [0.05, 0.1) is 6.10 Å². The standard InChI is InChI=1S/C8H12O3/c1-5(9)3-7-4-6(2)11-8(7)10/h4-6,9H,3H2,1-2H3/t5-,6+/m1/s1. The van der Waals surface area contributed by atoms with Gasteiger partial charge in [-0.05, 0) is 19.9 Å². The maximum absolute atomic E-state index is 10.9. The Labute approximate surface area is 65.7 Å². The molecular weight excluding hydrogens is 144 g/mol. The summed E-state index contributed by atoms with van der Waals surface area (Å²) in [4.78, 5) is 10.9. The minimum absolute atomic E-state index is 0.128. The minimum atomic E-state index is -0.473. The van der Waals surface area contributed by atoms with Crippen LogP contribution in [-0.4, -0.2) is 23.3 Å². The molecular formula is C8H12O3. The van der Waals surface area contributed by atoms with E-state index in [0.717, 1.165) is 0 Å². The van der Waals surface area contributed by atoms with Crippen LogP contribution in [0.3, 0.4) is 0 Å². The number of aliphatic hydroxyl groups is 1. The molecule has 0 aromatic carbocycles. The molecule has 11 heavy (non-hydrogen) atoms. The molecule has 0 aromatic heterocycles. The number of aliphatic hydroxyl groups excluding tert-OH is 1. The molecule has 3 nitrogen and oxygen atoms in total. The average molecular weight is 156 g/mol. The maximum Gasteiger partial charge on any atom is 0.334 e. The molecule has 1 rings (SSSR count). The van der Waals surface area contributed by atoms with Gasteiger partial charge in [0.1, 0.15) is 6.10 Å². The summed E-state index contributed by atoms with van der Waals surface area (Å²) >= 11 is 0. The number of esters is 1. The van der Waals surface area contributed by atoms with E-state index in [1.54, 1.807) is 19.9 Å². The molecule has 0 saturated carbocycles. The summed E-state index contributed by atoms with van der Waals surface area (Å²) < 4.78 is 4.83. The number of carbonyl (C=O) groups excluding carboxylic acids is 1. The fourth-order valence-electron chi connectivity index (χ4n) is 1.10. The van der Waals surface area contributed by atoms with E-state index in [9.17, 15) is 4.79 Å². The topological polar surface area (TPSA) is 46.5 Å². The summed E-state index contributed by atoms with van der Waals surface area (Å²) in [6.45, 7) is 3.45. The highest BCUT2D eigenvalue weighted by molar-refractivity contribution is 5.90. The molecule has 0 spiro atoms. The molecule has 0 saturated heterocycles. The van der Waals surface area contributed by atoms with Crippen molar-refractivity contribution in [3.05, 3.63) is 11.6 Å². The summed E-state index contributed by atoms with van der Waals surface area (Å²) in [6.07, 6.45) is 1.54. The lowest BCUT2D eigenvalue weighted by molar-refractivity contribution is -0.139. The van der Waals surface area contributed by atoms with Crippen molar-refractivity contribution >= 4 is 5.97 Å². The first-order chi connectivity index (χ1) is 5.09. The zero-order valence-corrected chi connectivity index (χ0v) is 6.70. The van der Waals surface area contributed by atoms with Gasteiger partial charge in [-0.25, -0.2) is 4.79 Å². The predicted octanol–water partition coefficient (Wildman–Crippen LogP) is 0.629. The fraction of sp³-hybridized carbons (Fsp3) is 0.625. The highest BCUT2D eigenvalue weighted by Crippen LogP contribution is 2.17. The predicted molar refractivity (Wildman–Crippen MR) is 39.9 cm³/mol. The van der Waals surface area contributed by atoms with Crippen molar-refractivity contribution in [1.29, 1.82) is 0 Å². The van der Waals surface area contributed by atoms with Crippen molar-refractivity contribution in [3.63, 3.8) is 0 Å². The number of ether oxygens (including phenoxy) is 1. The van der Waals surface area contributed by atoms with Crippen LogP contribution in [-0.2, 0) is 9.53 Å². The largest absolute Gasteiger partial charge is 0.455 e. The minimum Gasteiger partial charge on any atom is -0.455 e. The molecule has 0 radical (unpaired) electrons. The van der Waals surface area contributed by atoms with Gasteiger partial charge in [0, 0.05) is 12.0 Å². The number of carbonyl (C=O) groups is 1. The van der Waals surface area contributed by atoms with Crippen molar-refractivity contribution in [3.8, 4) is 0 Å². The van der Waals surface area contributed by atoms with Crippen LogP contribution in [0.1, 0.15) is 20.3 Å². The SMILES string of the molecule is C[C@@H](O)CC1=C[C@H](C)OC1=O. The highest BCUT2D eigenvalue weighted by atomic mass is 16.5. The summed E-state index contributed by atoms with van der Waals surface area (Å²) in [7, 11) is 0. The van der Waals surface area contributed by atoms with Gasteiger partial charge < -0.3 is 9.84 Å². The van der Waals surface area contributed by atoms with Crippen LogP contribution in [0, 0.1) is 0 Å². The van der Waals surface area contributed by atoms with E-state index in [2.05, 4.69) is 0 Å². The molecule has 1 N–H and O–H groups in total. The second-order valence-corrected chi connectivity index (χ2v) is 2.86. The van der Waals surface area contributed by atoms with Gasteiger partial charge in [-0.3, -0.25) is 0 Å². The Bertz CT molecular complexity index is 194. The van der Waals surface area contributed by atoms with Gasteiger partial charge in [0.25, 0.3) is 0 Å². The molecule has 0 bridgehead atoms. The Hall–Kier alpha value is -0.830. The van der Waals surface area contributed by atoms with Crippen molar-refractivity contribution < 1.29 is 14.6 Å². The number of hydrogen-bond donors (Lipinski definition) is 1. The third-order valence-electron chi connectivity index (χ3n) is 1.51. The molecule has 3 heteroatoms. The van der Waals surface area contributed by atoms with Crippen LogP contribution >= 0.6 is 0 Å². The van der Waals surface area contributed by atoms with Crippen molar-refractivity contribution in [2.24, 2.45) is 0 Å². The summed E-state index contributed by atoms with van der Waals surface area (Å²) in [5.74, 6) is -0.293. The Kier molecular flexibility index (Phi) is 2.29. The van der Waals surface area contributed by atoms with E-state index in [-0.39, 0.29) is 12.1 Å². The molecule has 1 aliphatic heterocycles. The lowest BCUT2D eigenvalue weighted by Gasteiger charge is -2.01. The Morgan fingerprint density at radius 1 is 1.82 bits per heavy atom. The first-order valence-electron chi connectivity index (χ1n) is 3.69. The zero-order chi connectivity index (χ0) is 8.43. The van der Waals surface area contributed by atoms with E-state index in [4.69, 9.17) is 9.84 Å². The van der Waals surface area contributed by atoms with Crippen LogP contribution in [0.4, 0.5) is 0 Å². The van der Waals surface area contributed by atoms with Crippen LogP contribution < -0.4 is 0 Å². The Balaban J connectivity index is 2.57. The van der Waals surface area contributed by atoms with Crippen LogP contribution in [0.15, 0.2) is 11.6 Å². The molecule has 0 fully saturated rings. The first-order valence-corrected chi connectivity index (χ1v) is 3.69. The van der Waals surface area contributed by atoms with Gasteiger partial charge in [0.2, 0.25) is 0 Å². The number of hydrogen-bond acceptors (Lipinski definition) is 3. The normalized spacial score (nSPS) is 26.3. The number of rotatable bonds is 2. The van der Waals surface area contributed by atoms with E-state index < -0.39 is 6.10 Å². The molecule has 0 unspecified atom stereocenters. The third-order valence-corrected chi connectivity index (χ3v) is 1.51. The molecule has 1 heterocycles. The Morgan fingerprint density at radius 3 is 2.82 bits per heavy atom. The summed E-state index contributed by atoms with van der Waals surface area (Å²) in [5.41, 5.74) is 0.590. The van der Waals surface area contributed by atoms with Gasteiger partial charge in [-0.15, -0.1) is 0 Å². The average Bonchev–Trinajstić information content (AvgIpc) is 2.09. The van der Waals surface area contributed by atoms with Crippen molar-refractivity contribution in [1.82, 2.24) is 0 Å². The monoisotopic (exact) mass is 156 g/mol. The lowest BCUT2D eigenvalue weighted by atomic mass is 10.1. The zero-order valence-electron chi connectivity index (χ0n) is 6.70. The van der Waals surface area contributed by atoms with Gasteiger partial charge in [-0.2, -0.15) is 0 Å². The van der Waals surface area contributed by atoms with Gasteiger partial charge in [-0.1, -0.05) is 0 Å². The van der Waals surface area contributed by atoms with Crippen molar-refractivity contribution in [2.75, 3.05) is 0 Å². The van der Waals surface area contributed by atoms with E-state index >= 15 is 0 Å². The second-order valence-electron chi connectivity index (χ2n) is 2.86. The molecule has 0 amide bonds.